The quantitative estimate of drug-likeness (QED) is 0.616. The van der Waals surface area contributed by atoms with Crippen molar-refractivity contribution in [3.63, 3.8) is 0 Å². The summed E-state index contributed by atoms with van der Waals surface area (Å²) >= 11 is 3.19. The minimum Gasteiger partial charge on any atom is -0.480 e. The third-order valence-corrected chi connectivity index (χ3v) is 2.85. The molecule has 3 amide bonds. The van der Waals surface area contributed by atoms with Crippen LogP contribution in [0.25, 0.3) is 0 Å². The highest BCUT2D eigenvalue weighted by Crippen LogP contribution is 2.20. The molecule has 1 atom stereocenters. The number of nitrogens with two attached hydrogens (primary N) is 1. The van der Waals surface area contributed by atoms with Crippen molar-refractivity contribution < 1.29 is 19.5 Å². The number of hydrogen-bond donors (Lipinski definition) is 4. The van der Waals surface area contributed by atoms with Crippen molar-refractivity contribution in [1.82, 2.24) is 5.32 Å². The molecular weight excluding hydrogens is 344 g/mol. The van der Waals surface area contributed by atoms with Crippen LogP contribution in [0.15, 0.2) is 22.7 Å². The van der Waals surface area contributed by atoms with Crippen molar-refractivity contribution in [2.45, 2.75) is 12.5 Å². The first-order chi connectivity index (χ1) is 9.83. The first-order valence-electron chi connectivity index (χ1n) is 5.61. The van der Waals surface area contributed by atoms with Gasteiger partial charge in [-0.15, -0.1) is 0 Å². The number of rotatable bonds is 5. The average Bonchev–Trinajstić information content (AvgIpc) is 2.37. The zero-order chi connectivity index (χ0) is 16.0. The van der Waals surface area contributed by atoms with Gasteiger partial charge in [0.1, 0.15) is 12.1 Å². The summed E-state index contributed by atoms with van der Waals surface area (Å²) in [6, 6.07) is 4.17. The highest BCUT2D eigenvalue weighted by molar-refractivity contribution is 9.10. The van der Waals surface area contributed by atoms with E-state index < -0.39 is 30.4 Å². The topological polar surface area (TPSA) is 145 Å². The molecule has 0 fully saturated rings. The molecular formula is C12H11BrN4O4. The number of hydrogen-bond acceptors (Lipinski definition) is 4. The van der Waals surface area contributed by atoms with Gasteiger partial charge in [0.25, 0.3) is 0 Å². The zero-order valence-corrected chi connectivity index (χ0v) is 12.2. The molecule has 1 aromatic carbocycles. The third kappa shape index (κ3) is 5.12. The molecule has 0 radical (unpaired) electrons. The van der Waals surface area contributed by atoms with E-state index in [1.807, 2.05) is 6.07 Å². The van der Waals surface area contributed by atoms with Gasteiger partial charge in [-0.25, -0.2) is 9.59 Å². The van der Waals surface area contributed by atoms with Crippen LogP contribution in [0.5, 0.6) is 0 Å². The van der Waals surface area contributed by atoms with E-state index in [4.69, 9.17) is 16.1 Å². The minimum absolute atomic E-state index is 0.201. The number of carbonyl (C=O) groups excluding carboxylic acids is 2. The van der Waals surface area contributed by atoms with Crippen LogP contribution in [-0.4, -0.2) is 29.1 Å². The maximum Gasteiger partial charge on any atom is 0.326 e. The van der Waals surface area contributed by atoms with Crippen LogP contribution >= 0.6 is 15.9 Å². The summed E-state index contributed by atoms with van der Waals surface area (Å²) in [5.41, 5.74) is 5.31. The number of aliphatic carboxylic acids is 1. The number of primary amides is 1. The monoisotopic (exact) mass is 354 g/mol. The van der Waals surface area contributed by atoms with E-state index in [-0.39, 0.29) is 11.3 Å². The molecule has 0 spiro atoms. The number of nitrogens with zero attached hydrogens (tertiary/aromatic N) is 1. The first kappa shape index (κ1) is 16.5. The van der Waals surface area contributed by atoms with Gasteiger partial charge < -0.3 is 21.5 Å². The fourth-order valence-corrected chi connectivity index (χ4v) is 1.80. The molecule has 0 bridgehead atoms. The number of benzene rings is 1. The smallest absolute Gasteiger partial charge is 0.326 e. The molecule has 0 aliphatic carbocycles. The lowest BCUT2D eigenvalue weighted by atomic mass is 10.2. The molecule has 0 aromatic heterocycles. The molecule has 21 heavy (non-hydrogen) atoms. The first-order valence-corrected chi connectivity index (χ1v) is 6.41. The summed E-state index contributed by atoms with van der Waals surface area (Å²) in [4.78, 5) is 33.4. The standard InChI is InChI=1S/C12H11BrN4O4/c13-7-2-1-6(5-14)8(3-7)16-12(21)17-9(11(19)20)4-10(15)18/h1-3,9H,4H2,(H2,15,18)(H,19,20)(H2,16,17,21). The summed E-state index contributed by atoms with van der Waals surface area (Å²) in [6.07, 6.45) is -0.535. The Kier molecular flexibility index (Phi) is 5.68. The van der Waals surface area contributed by atoms with Crippen molar-refractivity contribution in [3.05, 3.63) is 28.2 Å². The fraction of sp³-hybridized carbons (Fsp3) is 0.167. The Balaban J connectivity index is 2.81. The van der Waals surface area contributed by atoms with E-state index in [0.29, 0.717) is 4.47 Å². The van der Waals surface area contributed by atoms with E-state index >= 15 is 0 Å². The summed E-state index contributed by atoms with van der Waals surface area (Å²) in [7, 11) is 0. The van der Waals surface area contributed by atoms with Crippen molar-refractivity contribution in [2.75, 3.05) is 5.32 Å². The van der Waals surface area contributed by atoms with E-state index in [2.05, 4.69) is 26.6 Å². The second-order valence-corrected chi connectivity index (χ2v) is 4.88. The molecule has 0 heterocycles. The van der Waals surface area contributed by atoms with Gasteiger partial charge in [0, 0.05) is 4.47 Å². The Bertz CT molecular complexity index is 626. The minimum atomic E-state index is -1.44. The van der Waals surface area contributed by atoms with Gasteiger partial charge in [0.15, 0.2) is 0 Å². The van der Waals surface area contributed by atoms with Crippen molar-refractivity contribution in [2.24, 2.45) is 5.73 Å². The molecule has 0 saturated heterocycles. The lowest BCUT2D eigenvalue weighted by Gasteiger charge is -2.14. The number of anilines is 1. The summed E-state index contributed by atoms with van der Waals surface area (Å²) in [5, 5.41) is 22.2. The molecule has 0 saturated carbocycles. The molecule has 0 aliphatic heterocycles. The predicted octanol–water partition coefficient (Wildman–Crippen LogP) is 0.771. The number of amides is 3. The van der Waals surface area contributed by atoms with E-state index in [9.17, 15) is 14.4 Å². The fourth-order valence-electron chi connectivity index (χ4n) is 1.44. The number of carboxylic acid groups (broad SMARTS) is 1. The van der Waals surface area contributed by atoms with Gasteiger partial charge in [-0.2, -0.15) is 5.26 Å². The van der Waals surface area contributed by atoms with Crippen molar-refractivity contribution in [3.8, 4) is 6.07 Å². The van der Waals surface area contributed by atoms with Gasteiger partial charge in [0.2, 0.25) is 5.91 Å². The predicted molar refractivity (Wildman–Crippen MR) is 76.2 cm³/mol. The van der Waals surface area contributed by atoms with Crippen LogP contribution in [0.4, 0.5) is 10.5 Å². The van der Waals surface area contributed by atoms with E-state index in [1.54, 1.807) is 6.07 Å². The van der Waals surface area contributed by atoms with Gasteiger partial charge in [-0.1, -0.05) is 15.9 Å². The Hall–Kier alpha value is -2.60. The zero-order valence-electron chi connectivity index (χ0n) is 10.6. The SMILES string of the molecule is N#Cc1ccc(Br)cc1NC(=O)NC(CC(N)=O)C(=O)O. The lowest BCUT2D eigenvalue weighted by molar-refractivity contribution is -0.140. The number of urea groups is 1. The Morgan fingerprint density at radius 3 is 2.62 bits per heavy atom. The number of nitriles is 1. The highest BCUT2D eigenvalue weighted by Gasteiger charge is 2.22. The average molecular weight is 355 g/mol. The van der Waals surface area contributed by atoms with Crippen LogP contribution in [0.3, 0.4) is 0 Å². The van der Waals surface area contributed by atoms with E-state index in [0.717, 1.165) is 0 Å². The maximum atomic E-state index is 11.7. The normalized spacial score (nSPS) is 11.0. The Morgan fingerprint density at radius 2 is 2.10 bits per heavy atom. The maximum absolute atomic E-state index is 11.7. The van der Waals surface area contributed by atoms with E-state index in [1.165, 1.54) is 12.1 Å². The van der Waals surface area contributed by atoms with Gasteiger partial charge in [-0.05, 0) is 18.2 Å². The number of carbonyl (C=O) groups is 3. The molecule has 5 N–H and O–H groups in total. The third-order valence-electron chi connectivity index (χ3n) is 2.36. The molecule has 1 rings (SSSR count). The molecule has 1 unspecified atom stereocenters. The van der Waals surface area contributed by atoms with Crippen LogP contribution < -0.4 is 16.4 Å². The molecule has 1 aromatic rings. The van der Waals surface area contributed by atoms with Crippen LogP contribution in [0.1, 0.15) is 12.0 Å². The molecule has 0 aliphatic rings. The van der Waals surface area contributed by atoms with Gasteiger partial charge in [0.05, 0.1) is 17.7 Å². The molecule has 9 heteroatoms. The number of nitrogens with one attached hydrogen (secondary N) is 2. The lowest BCUT2D eigenvalue weighted by Crippen LogP contribution is -2.45. The molecule has 110 valence electrons. The number of halogens is 1. The van der Waals surface area contributed by atoms with Crippen LogP contribution in [0, 0.1) is 11.3 Å². The van der Waals surface area contributed by atoms with Gasteiger partial charge in [-0.3, -0.25) is 4.79 Å². The second-order valence-electron chi connectivity index (χ2n) is 3.96. The number of carboxylic acids is 1. The van der Waals surface area contributed by atoms with Crippen molar-refractivity contribution >= 4 is 39.5 Å². The molecule has 8 nitrogen and oxygen atoms in total. The van der Waals surface area contributed by atoms with Crippen molar-refractivity contribution in [1.29, 1.82) is 5.26 Å². The second kappa shape index (κ2) is 7.25. The summed E-state index contributed by atoms with van der Waals surface area (Å²) in [5.74, 6) is -2.25. The summed E-state index contributed by atoms with van der Waals surface area (Å²) in [6.45, 7) is 0. The Labute approximate surface area is 128 Å². The van der Waals surface area contributed by atoms with Crippen LogP contribution in [-0.2, 0) is 9.59 Å². The Morgan fingerprint density at radius 1 is 1.43 bits per heavy atom. The highest BCUT2D eigenvalue weighted by atomic mass is 79.9. The van der Waals surface area contributed by atoms with Crippen LogP contribution in [0.2, 0.25) is 0 Å². The summed E-state index contributed by atoms with van der Waals surface area (Å²) < 4.78 is 0.628. The largest absolute Gasteiger partial charge is 0.480 e. The van der Waals surface area contributed by atoms with Gasteiger partial charge >= 0.3 is 12.0 Å².